The maximum absolute atomic E-state index is 5.99. The van der Waals surface area contributed by atoms with E-state index in [0.29, 0.717) is 10.0 Å². The monoisotopic (exact) mass is 407 g/mol. The molecular weight excluding hydrogens is 385 g/mol. The molecule has 6 heteroatoms. The van der Waals surface area contributed by atoms with Crippen LogP contribution in [-0.4, -0.2) is 12.8 Å². The van der Waals surface area contributed by atoms with Crippen LogP contribution in [0.3, 0.4) is 0 Å². The van der Waals surface area contributed by atoms with E-state index in [1.165, 1.54) is 17.5 Å². The van der Waals surface area contributed by atoms with Crippen molar-refractivity contribution in [1.29, 1.82) is 0 Å². The molecule has 138 valence electrons. The summed E-state index contributed by atoms with van der Waals surface area (Å²) in [5.74, 6) is 0. The summed E-state index contributed by atoms with van der Waals surface area (Å²) in [4.78, 5) is 0. The van der Waals surface area contributed by atoms with Crippen molar-refractivity contribution in [1.82, 2.24) is 5.32 Å². The summed E-state index contributed by atoms with van der Waals surface area (Å²) in [6.07, 6.45) is 18.9. The van der Waals surface area contributed by atoms with E-state index in [0.717, 1.165) is 36.4 Å². The first-order valence-electron chi connectivity index (χ1n) is 7.58. The number of nitrogen functional groups attached to an aromatic ring is 1. The minimum Gasteiger partial charge on any atom is -0.397 e. The second-order valence-corrected chi connectivity index (χ2v) is 6.42. The smallest absolute Gasteiger partial charge is 0.0675 e. The van der Waals surface area contributed by atoms with Gasteiger partial charge in [0.1, 0.15) is 0 Å². The Hall–Kier alpha value is -1.95. The van der Waals surface area contributed by atoms with Crippen LogP contribution in [0.15, 0.2) is 36.4 Å². The second kappa shape index (κ2) is 14.2. The lowest BCUT2D eigenvalue weighted by Gasteiger charge is -2.10. The van der Waals surface area contributed by atoms with Crippen molar-refractivity contribution < 1.29 is 0 Å². The van der Waals surface area contributed by atoms with Crippen molar-refractivity contribution in [2.75, 3.05) is 23.3 Å². The number of terminal acetylenes is 2. The van der Waals surface area contributed by atoms with Gasteiger partial charge in [0.05, 0.1) is 11.4 Å². The molecule has 2 rings (SSSR count). The van der Waals surface area contributed by atoms with Gasteiger partial charge < -0.3 is 15.8 Å². The fraction of sp³-hybridized carbons (Fsp3) is 0.200. The Balaban J connectivity index is 0.00000146. The van der Waals surface area contributed by atoms with Gasteiger partial charge in [0.2, 0.25) is 0 Å². The van der Waals surface area contributed by atoms with Crippen LogP contribution in [0, 0.1) is 25.7 Å². The van der Waals surface area contributed by atoms with Gasteiger partial charge in [-0.2, -0.15) is 0 Å². The highest BCUT2D eigenvalue weighted by Crippen LogP contribution is 2.22. The van der Waals surface area contributed by atoms with E-state index in [1.807, 2.05) is 24.5 Å². The van der Waals surface area contributed by atoms with Gasteiger partial charge in [-0.05, 0) is 54.4 Å². The molecule has 0 spiro atoms. The van der Waals surface area contributed by atoms with E-state index >= 15 is 0 Å². The molecule has 0 aliphatic heterocycles. The average molecular weight is 408 g/mol. The highest BCUT2D eigenvalue weighted by atomic mass is 35.5. The van der Waals surface area contributed by atoms with Gasteiger partial charge in [-0.3, -0.25) is 0 Å². The summed E-state index contributed by atoms with van der Waals surface area (Å²) in [7, 11) is 0. The van der Waals surface area contributed by atoms with Crippen molar-refractivity contribution in [3.05, 3.63) is 57.6 Å². The first-order chi connectivity index (χ1) is 12.6. The molecule has 0 atom stereocenters. The van der Waals surface area contributed by atoms with Gasteiger partial charge >= 0.3 is 0 Å². The number of rotatable bonds is 7. The summed E-state index contributed by atoms with van der Waals surface area (Å²) < 4.78 is 3.19. The summed E-state index contributed by atoms with van der Waals surface area (Å²) >= 11 is 13.5. The van der Waals surface area contributed by atoms with Crippen molar-refractivity contribution >= 4 is 46.5 Å². The maximum Gasteiger partial charge on any atom is 0.0675 e. The van der Waals surface area contributed by atoms with Crippen LogP contribution in [0.25, 0.3) is 0 Å². The molecule has 0 radical (unpaired) electrons. The zero-order valence-electron chi connectivity index (χ0n) is 14.6. The molecule has 0 heterocycles. The van der Waals surface area contributed by atoms with E-state index in [9.17, 15) is 0 Å². The molecule has 3 nitrogen and oxygen atoms in total. The van der Waals surface area contributed by atoms with Crippen molar-refractivity contribution in [2.45, 2.75) is 13.0 Å². The van der Waals surface area contributed by atoms with E-state index < -0.39 is 0 Å². The minimum atomic E-state index is 0.663. The van der Waals surface area contributed by atoms with Gasteiger partial charge in [0.25, 0.3) is 0 Å². The van der Waals surface area contributed by atoms with Crippen LogP contribution in [0.4, 0.5) is 11.4 Å². The zero-order chi connectivity index (χ0) is 19.9. The predicted octanol–water partition coefficient (Wildman–Crippen LogP) is 5.10. The van der Waals surface area contributed by atoms with Crippen molar-refractivity contribution in [2.24, 2.45) is 0 Å². The molecule has 0 aliphatic carbocycles. The third-order valence-electron chi connectivity index (χ3n) is 3.17. The third-order valence-corrected chi connectivity index (χ3v) is 4.03. The molecule has 0 bridgehead atoms. The second-order valence-electron chi connectivity index (χ2n) is 4.93. The predicted molar refractivity (Wildman–Crippen MR) is 120 cm³/mol. The Bertz CT molecular complexity index is 688. The van der Waals surface area contributed by atoms with E-state index in [-0.39, 0.29) is 0 Å². The number of nitrogens with one attached hydrogen (secondary N) is 2. The van der Waals surface area contributed by atoms with Crippen LogP contribution < -0.4 is 15.8 Å². The molecule has 2 aromatic rings. The fourth-order valence-corrected chi connectivity index (χ4v) is 3.10. The van der Waals surface area contributed by atoms with Gasteiger partial charge in [-0.15, -0.1) is 25.7 Å². The van der Waals surface area contributed by atoms with Crippen molar-refractivity contribution in [3.63, 3.8) is 0 Å². The lowest BCUT2D eigenvalue weighted by atomic mass is 10.1. The molecule has 0 amide bonds. The van der Waals surface area contributed by atoms with Crippen LogP contribution >= 0.6 is 35.1 Å². The Labute approximate surface area is 171 Å². The highest BCUT2D eigenvalue weighted by molar-refractivity contribution is 7.99. The Morgan fingerprint density at radius 3 is 2.15 bits per heavy atom. The summed E-state index contributed by atoms with van der Waals surface area (Å²) in [6, 6.07) is 11.7. The molecule has 0 saturated carbocycles. The molecule has 0 fully saturated rings. The first kappa shape index (κ1) is 24.1. The molecule has 2 aromatic carbocycles. The van der Waals surface area contributed by atoms with E-state index in [2.05, 4.69) is 47.9 Å². The summed E-state index contributed by atoms with van der Waals surface area (Å²) in [5, 5.41) is 4.72. The maximum atomic E-state index is 5.99. The largest absolute Gasteiger partial charge is 0.397 e. The molecular formula is C20H23Cl2N3S. The number of nitrogens with two attached hydrogens (primary N) is 1. The molecule has 0 aliphatic rings. The number of halogens is 2. The van der Waals surface area contributed by atoms with Crippen LogP contribution in [0.2, 0.25) is 10.0 Å². The van der Waals surface area contributed by atoms with Crippen LogP contribution in [0.5, 0.6) is 0 Å². The quantitative estimate of drug-likeness (QED) is 0.258. The topological polar surface area (TPSA) is 50.1 Å². The Morgan fingerprint density at radius 2 is 1.58 bits per heavy atom. The summed E-state index contributed by atoms with van der Waals surface area (Å²) in [6.45, 7) is 1.61. The lowest BCUT2D eigenvalue weighted by Crippen LogP contribution is -2.16. The molecule has 4 N–H and O–H groups in total. The summed E-state index contributed by atoms with van der Waals surface area (Å²) in [5.41, 5.74) is 9.97. The van der Waals surface area contributed by atoms with Crippen LogP contribution in [0.1, 0.15) is 11.1 Å². The van der Waals surface area contributed by atoms with Crippen LogP contribution in [-0.2, 0) is 13.0 Å². The Morgan fingerprint density at radius 1 is 0.962 bits per heavy atom. The number of hydrogen-bond donors (Lipinski definition) is 3. The normalized spacial score (nSPS) is 9.19. The SMILES string of the molecule is C#C.C#C.CSNc1cc(CCNCc2cc(Cl)cc(Cl)c2)ccc1N. The standard InChI is InChI=1S/C16H19Cl2N3S.2C2H2/c1-22-21-16-8-11(2-3-15(16)19)4-5-20-10-12-6-13(17)9-14(18)7-12;2*1-2/h2-3,6-9,20-21H,4-5,10,19H2,1H3;2*1-2H. The Kier molecular flexibility index (Phi) is 13.2. The molecule has 0 saturated heterocycles. The number of hydrogen-bond acceptors (Lipinski definition) is 4. The highest BCUT2D eigenvalue weighted by Gasteiger charge is 2.02. The van der Waals surface area contributed by atoms with Gasteiger partial charge in [0, 0.05) is 22.8 Å². The lowest BCUT2D eigenvalue weighted by molar-refractivity contribution is 0.687. The van der Waals surface area contributed by atoms with E-state index in [1.54, 1.807) is 6.07 Å². The minimum absolute atomic E-state index is 0.663. The van der Waals surface area contributed by atoms with Gasteiger partial charge in [-0.1, -0.05) is 41.2 Å². The third kappa shape index (κ3) is 8.94. The van der Waals surface area contributed by atoms with Gasteiger partial charge in [0.15, 0.2) is 0 Å². The number of anilines is 2. The van der Waals surface area contributed by atoms with Crippen molar-refractivity contribution in [3.8, 4) is 25.7 Å². The molecule has 0 aromatic heterocycles. The molecule has 0 unspecified atom stereocenters. The molecule has 26 heavy (non-hydrogen) atoms. The number of benzene rings is 2. The first-order valence-corrected chi connectivity index (χ1v) is 9.56. The fourth-order valence-electron chi connectivity index (χ4n) is 2.14. The van der Waals surface area contributed by atoms with E-state index in [4.69, 9.17) is 28.9 Å². The zero-order valence-corrected chi connectivity index (χ0v) is 17.0. The van der Waals surface area contributed by atoms with Gasteiger partial charge in [-0.25, -0.2) is 0 Å². The average Bonchev–Trinajstić information content (AvgIpc) is 2.64.